The average molecular weight is 1150 g/mol. The number of H-pyrrole nitrogens is 1. The van der Waals surface area contributed by atoms with Crippen molar-refractivity contribution in [3.8, 4) is 33.1 Å². The molecule has 3 aromatic carbocycles. The van der Waals surface area contributed by atoms with Gasteiger partial charge in [0.25, 0.3) is 11.5 Å². The summed E-state index contributed by atoms with van der Waals surface area (Å²) in [5.74, 6) is -4.90. The van der Waals surface area contributed by atoms with Gasteiger partial charge in [0.05, 0.1) is 59.5 Å². The number of amides is 4. The number of rotatable bonds is 19. The fourth-order valence-electron chi connectivity index (χ4n) is 10.1. The number of carbonyl (C=O) groups is 4. The van der Waals surface area contributed by atoms with E-state index in [0.717, 1.165) is 34.2 Å². The van der Waals surface area contributed by atoms with Gasteiger partial charge < -0.3 is 55.0 Å². The number of phenolic OH excluding ortho intramolecular Hbond substituents is 1. The van der Waals surface area contributed by atoms with Crippen molar-refractivity contribution in [2.24, 2.45) is 12.5 Å². The molecule has 20 nitrogen and oxygen atoms in total. The number of aliphatic hydroxyl groups is 1. The second-order valence-corrected chi connectivity index (χ2v) is 24.3. The number of aromatic nitrogens is 4. The smallest absolute Gasteiger partial charge is 0.274 e. The van der Waals surface area contributed by atoms with E-state index in [2.05, 4.69) is 30.9 Å². The summed E-state index contributed by atoms with van der Waals surface area (Å²) in [6.45, 7) is 6.70. The van der Waals surface area contributed by atoms with Crippen molar-refractivity contribution >= 4 is 67.2 Å². The molecule has 0 unspecified atom stereocenters. The number of pyridine rings is 2. The number of sulfone groups is 1. The van der Waals surface area contributed by atoms with Gasteiger partial charge in [-0.25, -0.2) is 27.2 Å². The molecule has 0 spiro atoms. The molecule has 24 heteroatoms. The maximum absolute atomic E-state index is 15.6. The third-order valence-electron chi connectivity index (χ3n) is 14.0. The number of aliphatic hydroxyl groups excluding tert-OH is 1. The number of likely N-dealkylation sites (tertiary alicyclic amines) is 1. The van der Waals surface area contributed by atoms with E-state index in [1.165, 1.54) is 38.6 Å². The van der Waals surface area contributed by atoms with Crippen LogP contribution in [0.3, 0.4) is 0 Å². The fraction of sp³-hybridized carbons (Fsp3) is 0.351. The number of phenols is 1. The van der Waals surface area contributed by atoms with Gasteiger partial charge in [0.15, 0.2) is 21.5 Å². The Morgan fingerprint density at radius 3 is 2.46 bits per heavy atom. The number of hydrogen-bond acceptors (Lipinski definition) is 15. The minimum atomic E-state index is -3.76. The minimum Gasteiger partial charge on any atom is -0.508 e. The first-order valence-corrected chi connectivity index (χ1v) is 28.9. The number of thiazole rings is 1. The Labute approximate surface area is 469 Å². The van der Waals surface area contributed by atoms with E-state index in [1.54, 1.807) is 63.1 Å². The van der Waals surface area contributed by atoms with Crippen LogP contribution >= 0.6 is 11.3 Å². The molecule has 7 aromatic rings. The lowest BCUT2D eigenvalue weighted by Crippen LogP contribution is -2.58. The summed E-state index contributed by atoms with van der Waals surface area (Å²) in [6.07, 6.45) is 4.35. The highest BCUT2D eigenvalue weighted by Crippen LogP contribution is 2.45. The summed E-state index contributed by atoms with van der Waals surface area (Å²) in [6, 6.07) is 13.8. The van der Waals surface area contributed by atoms with Crippen LogP contribution in [0.5, 0.6) is 11.5 Å². The van der Waals surface area contributed by atoms with Crippen LogP contribution in [0.4, 0.5) is 20.3 Å². The van der Waals surface area contributed by atoms with Crippen molar-refractivity contribution in [2.75, 3.05) is 44.1 Å². The highest BCUT2D eigenvalue weighted by molar-refractivity contribution is 7.89. The Morgan fingerprint density at radius 1 is 0.988 bits per heavy atom. The molecule has 0 bridgehead atoms. The number of fused-ring (bicyclic) bond motifs is 2. The average Bonchev–Trinajstić information content (AvgIpc) is 3.67. The van der Waals surface area contributed by atoms with E-state index < -0.39 is 81.1 Å². The van der Waals surface area contributed by atoms with Gasteiger partial charge in [0, 0.05) is 79.4 Å². The summed E-state index contributed by atoms with van der Waals surface area (Å²) < 4.78 is 68.5. The molecule has 4 amide bonds. The monoisotopic (exact) mass is 1150 g/mol. The highest BCUT2D eigenvalue weighted by Gasteiger charge is 2.44. The van der Waals surface area contributed by atoms with Crippen molar-refractivity contribution in [1.82, 2.24) is 40.4 Å². The SMILES string of the molecule is Cc1ncsc1-c1ccc(CNC(=O)[C@@H]2C[C@@H](O)CN2C(=O)[C@@H](NC(=O)COCCc2cc(O)cc(OCCNC(=O)c3cc4c(cc3CS(C)(=O)=O)-c3cn(C)c(=O)c5[nH]cc(c35)CN4c3ncc(F)cc3F)c2)C(C)(C)C)cc1. The lowest BCUT2D eigenvalue weighted by Gasteiger charge is -2.35. The Bertz CT molecular complexity index is 3750. The predicted molar refractivity (Wildman–Crippen MR) is 300 cm³/mol. The molecule has 0 aliphatic carbocycles. The molecule has 6 heterocycles. The first kappa shape index (κ1) is 57.6. The molecular formula is C57H61F2N9O11S2. The second kappa shape index (κ2) is 23.6. The molecule has 81 heavy (non-hydrogen) atoms. The van der Waals surface area contributed by atoms with Crippen LogP contribution in [0, 0.1) is 24.0 Å². The van der Waals surface area contributed by atoms with Crippen LogP contribution in [0.25, 0.3) is 32.5 Å². The number of benzene rings is 3. The third kappa shape index (κ3) is 13.1. The van der Waals surface area contributed by atoms with Crippen molar-refractivity contribution in [3.63, 3.8) is 0 Å². The summed E-state index contributed by atoms with van der Waals surface area (Å²) in [7, 11) is -2.21. The molecule has 4 aromatic heterocycles. The van der Waals surface area contributed by atoms with E-state index in [1.807, 2.05) is 31.2 Å². The van der Waals surface area contributed by atoms with Gasteiger partial charge in [-0.2, -0.15) is 0 Å². The van der Waals surface area contributed by atoms with Gasteiger partial charge in [-0.3, -0.25) is 24.0 Å². The number of hydrogen-bond donors (Lipinski definition) is 6. The molecule has 1 saturated heterocycles. The quantitative estimate of drug-likeness (QED) is 0.0530. The number of aromatic amines is 1. The summed E-state index contributed by atoms with van der Waals surface area (Å²) in [4.78, 5) is 83.5. The topological polar surface area (TPSA) is 267 Å². The Balaban J connectivity index is 0.802. The van der Waals surface area contributed by atoms with Gasteiger partial charge in [-0.1, -0.05) is 45.0 Å². The number of aryl methyl sites for hydroxylation is 2. The zero-order valence-electron chi connectivity index (χ0n) is 45.3. The second-order valence-electron chi connectivity index (χ2n) is 21.4. The highest BCUT2D eigenvalue weighted by atomic mass is 32.2. The van der Waals surface area contributed by atoms with E-state index in [4.69, 9.17) is 9.47 Å². The Kier molecular flexibility index (Phi) is 16.8. The summed E-state index contributed by atoms with van der Waals surface area (Å²) >= 11 is 1.54. The number of β-amino-alcohol motifs (C(OH)–C–C–N with tert-alkyl or cyclic N) is 1. The molecule has 2 aliphatic rings. The number of carbonyl (C=O) groups excluding carboxylic acids is 4. The van der Waals surface area contributed by atoms with Crippen LogP contribution < -0.4 is 31.1 Å². The lowest BCUT2D eigenvalue weighted by molar-refractivity contribution is -0.144. The zero-order chi connectivity index (χ0) is 58.1. The van der Waals surface area contributed by atoms with Crippen LogP contribution in [-0.4, -0.2) is 124 Å². The maximum Gasteiger partial charge on any atom is 0.274 e. The molecular weight excluding hydrogens is 1090 g/mol. The maximum atomic E-state index is 15.6. The van der Waals surface area contributed by atoms with Crippen LogP contribution in [0.15, 0.2) is 89.6 Å². The molecule has 9 rings (SSSR count). The number of halogens is 2. The standard InChI is InChI=1S/C57H61F2N9O11S2/c1-31-50(80-30-64-31)34-9-7-32(8-10-34)22-63-54(73)46-20-39(70)26-68(46)56(75)51(57(2,3)4)65-47(71)28-78-13-11-33-15-38(69)19-40(16-33)79-14-12-60-53(72)41-21-45-42(17-35(41)29-81(6,76)77)43-27-66(5)55(74)49-48(43)36(23-61-49)25-67(45)52-44(59)18-37(58)24-62-52/h7-10,15-19,21,23-24,27,30,39,46,51,61,69-70H,11-14,20,22,25-26,28-29H2,1-6H3,(H,60,72)(H,63,73)(H,65,71)/t39-,46+,51-/m1/s1. The largest absolute Gasteiger partial charge is 0.508 e. The number of aromatic hydroxyl groups is 1. The number of nitrogens with zero attached hydrogens (tertiary/aromatic N) is 5. The predicted octanol–water partition coefficient (Wildman–Crippen LogP) is 5.72. The van der Waals surface area contributed by atoms with Gasteiger partial charge in [-0.15, -0.1) is 11.3 Å². The third-order valence-corrected chi connectivity index (χ3v) is 15.8. The van der Waals surface area contributed by atoms with E-state index >= 15 is 4.39 Å². The first-order chi connectivity index (χ1) is 38.4. The van der Waals surface area contributed by atoms with Gasteiger partial charge in [0.2, 0.25) is 17.7 Å². The summed E-state index contributed by atoms with van der Waals surface area (Å²) in [5.41, 5.74) is 5.96. The summed E-state index contributed by atoms with van der Waals surface area (Å²) in [5, 5.41) is 30.2. The molecule has 0 saturated carbocycles. The molecule has 3 atom stereocenters. The molecule has 426 valence electrons. The Hall–Kier alpha value is -8.06. The van der Waals surface area contributed by atoms with E-state index in [9.17, 15) is 47.0 Å². The van der Waals surface area contributed by atoms with Crippen molar-refractivity contribution in [1.29, 1.82) is 0 Å². The van der Waals surface area contributed by atoms with E-state index in [0.29, 0.717) is 33.7 Å². The van der Waals surface area contributed by atoms with E-state index in [-0.39, 0.29) is 97.4 Å². The van der Waals surface area contributed by atoms with Crippen molar-refractivity contribution < 1.29 is 56.1 Å². The van der Waals surface area contributed by atoms with Crippen LogP contribution in [0.2, 0.25) is 0 Å². The molecule has 1 fully saturated rings. The van der Waals surface area contributed by atoms with Crippen molar-refractivity contribution in [2.45, 2.75) is 77.6 Å². The van der Waals surface area contributed by atoms with Crippen LogP contribution in [-0.2, 0) is 61.3 Å². The number of nitrogens with one attached hydrogen (secondary N) is 4. The van der Waals surface area contributed by atoms with Gasteiger partial charge >= 0.3 is 0 Å². The fourth-order valence-corrected chi connectivity index (χ4v) is 11.8. The molecule has 0 radical (unpaired) electrons. The molecule has 6 N–H and O–H groups in total. The first-order valence-electron chi connectivity index (χ1n) is 25.9. The minimum absolute atomic E-state index is 0.0198. The molecule has 2 aliphatic heterocycles. The van der Waals surface area contributed by atoms with Crippen molar-refractivity contribution in [3.05, 3.63) is 140 Å². The Morgan fingerprint density at radius 2 is 1.75 bits per heavy atom. The number of anilines is 2. The number of ether oxygens (including phenoxy) is 2. The van der Waals surface area contributed by atoms with Gasteiger partial charge in [-0.05, 0) is 70.8 Å². The zero-order valence-corrected chi connectivity index (χ0v) is 46.9. The van der Waals surface area contributed by atoms with Crippen LogP contribution in [0.1, 0.15) is 65.5 Å². The normalized spacial score (nSPS) is 15.5. The van der Waals surface area contributed by atoms with Gasteiger partial charge in [0.1, 0.15) is 48.1 Å². The lowest BCUT2D eigenvalue weighted by atomic mass is 9.85.